The number of hydrogen-bond acceptors (Lipinski definition) is 4. The first-order valence-electron chi connectivity index (χ1n) is 3.85. The Balaban J connectivity index is 0.00000112. The van der Waals surface area contributed by atoms with Gasteiger partial charge in [-0.25, -0.2) is 0 Å². The van der Waals surface area contributed by atoms with Gasteiger partial charge in [0.05, 0.1) is 4.92 Å². The average molecular weight is 212 g/mol. The molecule has 2 rings (SSSR count). The molecule has 4 nitrogen and oxygen atoms in total. The molecule has 1 aromatic heterocycles. The van der Waals surface area contributed by atoms with E-state index in [0.717, 1.165) is 11.5 Å². The molecule has 0 aliphatic heterocycles. The molecule has 15 heavy (non-hydrogen) atoms. The Morgan fingerprint density at radius 3 is 2.73 bits per heavy atom. The van der Waals surface area contributed by atoms with Crippen LogP contribution in [0.3, 0.4) is 0 Å². The Bertz CT molecular complexity index is 459. The molecule has 0 bridgehead atoms. The standard InChI is InChI=1S/C9H5N2O2S.Li/c12-11(13)9-4-2-1-3-7(9)8-5-6-14-10-8;/h1-5H;/q-1;+1. The minimum absolute atomic E-state index is 0. The van der Waals surface area contributed by atoms with Crippen LogP contribution in [-0.4, -0.2) is 9.30 Å². The number of hydrogen-bond donors (Lipinski definition) is 0. The number of para-hydroxylation sites is 1. The molecule has 1 heterocycles. The summed E-state index contributed by atoms with van der Waals surface area (Å²) in [5.41, 5.74) is 1.21. The van der Waals surface area contributed by atoms with E-state index in [1.165, 1.54) is 6.07 Å². The van der Waals surface area contributed by atoms with Gasteiger partial charge < -0.3 is 4.37 Å². The van der Waals surface area contributed by atoms with Crippen LogP contribution in [0.1, 0.15) is 0 Å². The van der Waals surface area contributed by atoms with Crippen LogP contribution in [-0.2, 0) is 0 Å². The Hall–Kier alpha value is -1.15. The van der Waals surface area contributed by atoms with Crippen molar-refractivity contribution in [3.63, 3.8) is 0 Å². The number of nitrogens with zero attached hydrogens (tertiary/aromatic N) is 2. The summed E-state index contributed by atoms with van der Waals surface area (Å²) in [5, 5.41) is 13.5. The fourth-order valence-electron chi connectivity index (χ4n) is 1.16. The van der Waals surface area contributed by atoms with Gasteiger partial charge in [-0.3, -0.25) is 10.1 Å². The number of nitro benzene ring substituents is 1. The molecular weight excluding hydrogens is 207 g/mol. The van der Waals surface area contributed by atoms with Crippen LogP contribution in [0.2, 0.25) is 0 Å². The van der Waals surface area contributed by atoms with Crippen molar-refractivity contribution in [2.24, 2.45) is 0 Å². The first-order valence-corrected chi connectivity index (χ1v) is 4.63. The van der Waals surface area contributed by atoms with Crippen molar-refractivity contribution in [3.8, 4) is 11.3 Å². The summed E-state index contributed by atoms with van der Waals surface area (Å²) in [5.74, 6) is 0. The zero-order valence-electron chi connectivity index (χ0n) is 8.01. The normalized spacial score (nSPS) is 9.33. The third-order valence-electron chi connectivity index (χ3n) is 1.77. The Labute approximate surface area is 102 Å². The second-order valence-electron chi connectivity index (χ2n) is 2.60. The second kappa shape index (κ2) is 5.08. The van der Waals surface area contributed by atoms with Crippen LogP contribution >= 0.6 is 11.5 Å². The zero-order chi connectivity index (χ0) is 9.97. The minimum atomic E-state index is -0.408. The van der Waals surface area contributed by atoms with E-state index in [1.807, 2.05) is 0 Å². The summed E-state index contributed by atoms with van der Waals surface area (Å²) in [6.07, 6.45) is 0. The third kappa shape index (κ3) is 2.45. The molecule has 0 fully saturated rings. The molecule has 0 saturated carbocycles. The summed E-state index contributed by atoms with van der Waals surface area (Å²) >= 11 is 1.16. The third-order valence-corrected chi connectivity index (χ3v) is 2.28. The molecule has 0 radical (unpaired) electrons. The van der Waals surface area contributed by atoms with Crippen molar-refractivity contribution in [2.45, 2.75) is 0 Å². The molecule has 0 aliphatic carbocycles. The summed E-state index contributed by atoms with van der Waals surface area (Å²) in [6.45, 7) is 0. The topological polar surface area (TPSA) is 56.0 Å². The fourth-order valence-corrected chi connectivity index (χ4v) is 1.63. The Morgan fingerprint density at radius 2 is 2.13 bits per heavy atom. The predicted molar refractivity (Wildman–Crippen MR) is 53.0 cm³/mol. The Morgan fingerprint density at radius 1 is 1.40 bits per heavy atom. The molecule has 6 heteroatoms. The van der Waals surface area contributed by atoms with Crippen molar-refractivity contribution in [1.82, 2.24) is 4.37 Å². The van der Waals surface area contributed by atoms with Crippen LogP contribution in [0.4, 0.5) is 5.69 Å². The molecule has 2 aromatic rings. The van der Waals surface area contributed by atoms with Crippen LogP contribution in [0, 0.1) is 15.5 Å². The predicted octanol–water partition coefficient (Wildman–Crippen LogP) is -0.478. The molecule has 0 spiro atoms. The van der Waals surface area contributed by atoms with E-state index in [1.54, 1.807) is 24.3 Å². The molecule has 0 saturated heterocycles. The van der Waals surface area contributed by atoms with E-state index in [9.17, 15) is 10.1 Å². The van der Waals surface area contributed by atoms with E-state index in [0.29, 0.717) is 11.3 Å². The summed E-state index contributed by atoms with van der Waals surface area (Å²) in [6, 6.07) is 8.18. The van der Waals surface area contributed by atoms with E-state index >= 15 is 0 Å². The van der Waals surface area contributed by atoms with Crippen molar-refractivity contribution in [3.05, 3.63) is 45.8 Å². The van der Waals surface area contributed by atoms with Gasteiger partial charge in [0.1, 0.15) is 0 Å². The number of benzene rings is 1. The van der Waals surface area contributed by atoms with Gasteiger partial charge in [0.25, 0.3) is 5.69 Å². The molecule has 0 aliphatic rings. The van der Waals surface area contributed by atoms with Gasteiger partial charge in [-0.05, 0) is 5.56 Å². The molecule has 1 aromatic carbocycles. The number of nitro groups is 1. The van der Waals surface area contributed by atoms with E-state index in [2.05, 4.69) is 9.75 Å². The maximum Gasteiger partial charge on any atom is 1.00 e. The maximum atomic E-state index is 10.7. The van der Waals surface area contributed by atoms with Crippen molar-refractivity contribution < 1.29 is 23.8 Å². The molecular formula is C9H5LiN2O2S. The number of rotatable bonds is 2. The molecule has 0 atom stereocenters. The molecule has 70 valence electrons. The van der Waals surface area contributed by atoms with Crippen LogP contribution in [0.15, 0.2) is 30.3 Å². The SMILES string of the molecule is O=[N+]([O-])c1ccccc1-c1c[c-]sn1.[Li+]. The van der Waals surface area contributed by atoms with Gasteiger partial charge in [-0.15, -0.1) is 0 Å². The maximum absolute atomic E-state index is 10.7. The minimum Gasteiger partial charge on any atom is -0.308 e. The summed E-state index contributed by atoms with van der Waals surface area (Å²) in [4.78, 5) is 10.3. The van der Waals surface area contributed by atoms with Gasteiger partial charge in [0.2, 0.25) is 0 Å². The first kappa shape index (κ1) is 11.9. The molecule has 0 N–H and O–H groups in total. The van der Waals surface area contributed by atoms with E-state index in [4.69, 9.17) is 0 Å². The smallest absolute Gasteiger partial charge is 0.308 e. The average Bonchev–Trinajstić information content (AvgIpc) is 2.70. The van der Waals surface area contributed by atoms with Crippen LogP contribution < -0.4 is 18.9 Å². The fraction of sp³-hybridized carbons (Fsp3) is 0. The number of aromatic nitrogens is 1. The van der Waals surface area contributed by atoms with Crippen molar-refractivity contribution in [2.75, 3.05) is 0 Å². The summed E-state index contributed by atoms with van der Waals surface area (Å²) < 4.78 is 4.01. The van der Waals surface area contributed by atoms with Crippen LogP contribution in [0.25, 0.3) is 11.3 Å². The van der Waals surface area contributed by atoms with Crippen molar-refractivity contribution >= 4 is 17.2 Å². The van der Waals surface area contributed by atoms with Gasteiger partial charge in [-0.1, -0.05) is 23.9 Å². The van der Waals surface area contributed by atoms with Gasteiger partial charge >= 0.3 is 18.9 Å². The van der Waals surface area contributed by atoms with E-state index in [-0.39, 0.29) is 24.5 Å². The molecule has 0 amide bonds. The van der Waals surface area contributed by atoms with Gasteiger partial charge in [0.15, 0.2) is 0 Å². The Kier molecular flexibility index (Phi) is 4.03. The van der Waals surface area contributed by atoms with Gasteiger partial charge in [0, 0.05) is 6.07 Å². The molecule has 0 unspecified atom stereocenters. The second-order valence-corrected chi connectivity index (χ2v) is 3.21. The van der Waals surface area contributed by atoms with E-state index < -0.39 is 4.92 Å². The van der Waals surface area contributed by atoms with Gasteiger partial charge in [-0.2, -0.15) is 23.0 Å². The zero-order valence-corrected chi connectivity index (χ0v) is 8.82. The van der Waals surface area contributed by atoms with Crippen molar-refractivity contribution in [1.29, 1.82) is 0 Å². The first-order chi connectivity index (χ1) is 6.79. The van der Waals surface area contributed by atoms with Crippen LogP contribution in [0.5, 0.6) is 0 Å². The largest absolute Gasteiger partial charge is 1.00 e. The quantitative estimate of drug-likeness (QED) is 0.292. The monoisotopic (exact) mass is 212 g/mol. The summed E-state index contributed by atoms with van der Waals surface area (Å²) in [7, 11) is 0.